The number of aryl methyl sites for hydroxylation is 3. The summed E-state index contributed by atoms with van der Waals surface area (Å²) < 4.78 is 0. The Bertz CT molecular complexity index is 4320. The smallest absolute Gasteiger partial charge is 0.252 e. The first kappa shape index (κ1) is 58.0. The molecular formula is C87H79BN2. The summed E-state index contributed by atoms with van der Waals surface area (Å²) in [6.07, 6.45) is 13.6. The van der Waals surface area contributed by atoms with Crippen molar-refractivity contribution in [2.45, 2.75) is 97.8 Å². The Morgan fingerprint density at radius 3 is 1.04 bits per heavy atom. The third kappa shape index (κ3) is 11.5. The molecule has 0 atom stereocenters. The summed E-state index contributed by atoms with van der Waals surface area (Å²) in [6, 6.07) is 107. The standard InChI is InChI=1S/C87H79BN2/c1-4-7-16-32-62-35-31-48-71(53-62)72-50-52-81-80(61-72)88-79-51-49-63(33-17-8-5-2)54-82(79)90(87-77(69-44-27-14-28-45-69)59-74(66-38-21-11-22-39-66)60-78(87)70-46-29-15-30-47-70)84-56-64(34-18-9-6-3)55-83(85(84)88)89(81)86-75(67-40-23-12-24-41-67)57-73(65-36-19-10-20-37-65)58-76(86)68-42-25-13-26-43-68/h10-15,19-31,35-61H,4-9,16-18,32-34H2,1-3H3. The highest BCUT2D eigenvalue weighted by Crippen LogP contribution is 2.55. The third-order valence-corrected chi connectivity index (χ3v) is 18.9. The summed E-state index contributed by atoms with van der Waals surface area (Å²) in [5, 5.41) is 0. The molecule has 0 radical (unpaired) electrons. The van der Waals surface area contributed by atoms with Crippen molar-refractivity contribution >= 4 is 57.2 Å². The number of hydrogen-bond donors (Lipinski definition) is 0. The lowest BCUT2D eigenvalue weighted by molar-refractivity contribution is 0.717. The van der Waals surface area contributed by atoms with Crippen molar-refractivity contribution in [1.29, 1.82) is 0 Å². The fourth-order valence-corrected chi connectivity index (χ4v) is 14.4. The van der Waals surface area contributed by atoms with E-state index in [2.05, 4.69) is 310 Å². The Balaban J connectivity index is 1.14. The van der Waals surface area contributed by atoms with E-state index in [-0.39, 0.29) is 6.71 Å². The molecule has 12 aromatic carbocycles. The van der Waals surface area contributed by atoms with E-state index in [1.54, 1.807) is 0 Å². The van der Waals surface area contributed by atoms with Crippen LogP contribution in [0.4, 0.5) is 34.1 Å². The SMILES string of the molecule is CCCCCc1cccc(-c2ccc3c(c2)B2c4ccc(CCCCC)cc4N(c4c(-c5ccccc5)cc(-c5ccccc5)cc4-c4ccccc4)c4cc(CCCCC)cc(c42)N3c2c(-c3ccccc3)cc(-c3ccccc3)cc2-c2ccccc2)c1. The molecule has 2 aliphatic heterocycles. The van der Waals surface area contributed by atoms with E-state index < -0.39 is 0 Å². The minimum atomic E-state index is -0.109. The second kappa shape index (κ2) is 26.6. The first-order valence-electron chi connectivity index (χ1n) is 33.4. The van der Waals surface area contributed by atoms with Gasteiger partial charge in [-0.1, -0.05) is 290 Å². The van der Waals surface area contributed by atoms with Gasteiger partial charge in [0.2, 0.25) is 0 Å². The minimum Gasteiger partial charge on any atom is -0.310 e. The molecule has 0 aliphatic carbocycles. The van der Waals surface area contributed by atoms with E-state index in [0.717, 1.165) is 44.9 Å². The minimum absolute atomic E-state index is 0.109. The Kier molecular flexibility index (Phi) is 17.1. The molecule has 2 heterocycles. The van der Waals surface area contributed by atoms with E-state index in [1.807, 2.05) is 0 Å². The molecule has 0 fully saturated rings. The number of anilines is 6. The zero-order chi connectivity index (χ0) is 60.8. The molecule has 0 bridgehead atoms. The highest BCUT2D eigenvalue weighted by Gasteiger charge is 2.45. The normalized spacial score (nSPS) is 12.2. The molecule has 0 saturated carbocycles. The maximum atomic E-state index is 2.76. The van der Waals surface area contributed by atoms with Gasteiger partial charge in [-0.25, -0.2) is 0 Å². The fourth-order valence-electron chi connectivity index (χ4n) is 14.4. The number of nitrogens with zero attached hydrogens (tertiary/aromatic N) is 2. The number of unbranched alkanes of at least 4 members (excludes halogenated alkanes) is 6. The molecule has 12 aromatic rings. The first-order valence-corrected chi connectivity index (χ1v) is 33.4. The van der Waals surface area contributed by atoms with Crippen molar-refractivity contribution in [3.05, 3.63) is 296 Å². The van der Waals surface area contributed by atoms with Crippen molar-refractivity contribution < 1.29 is 0 Å². The van der Waals surface area contributed by atoms with Gasteiger partial charge in [0.15, 0.2) is 0 Å². The fraction of sp³-hybridized carbons (Fsp3) is 0.172. The van der Waals surface area contributed by atoms with E-state index in [0.29, 0.717) is 0 Å². The summed E-state index contributed by atoms with van der Waals surface area (Å²) in [5.41, 5.74) is 32.2. The lowest BCUT2D eigenvalue weighted by Gasteiger charge is -2.46. The van der Waals surface area contributed by atoms with Gasteiger partial charge in [0.05, 0.1) is 11.4 Å². The Morgan fingerprint density at radius 2 is 0.611 bits per heavy atom. The second-order valence-electron chi connectivity index (χ2n) is 24.9. The molecule has 2 aliphatic rings. The van der Waals surface area contributed by atoms with E-state index >= 15 is 0 Å². The first-order chi connectivity index (χ1) is 44.5. The molecular weight excluding hydrogens is 1080 g/mol. The van der Waals surface area contributed by atoms with Crippen LogP contribution in [0.5, 0.6) is 0 Å². The van der Waals surface area contributed by atoms with E-state index in [4.69, 9.17) is 0 Å². The number of hydrogen-bond acceptors (Lipinski definition) is 2. The molecule has 0 N–H and O–H groups in total. The van der Waals surface area contributed by atoms with Gasteiger partial charge in [-0.15, -0.1) is 0 Å². The maximum absolute atomic E-state index is 2.76. The number of rotatable bonds is 21. The van der Waals surface area contributed by atoms with E-state index in [9.17, 15) is 0 Å². The van der Waals surface area contributed by atoms with Crippen LogP contribution in [0.25, 0.3) is 77.9 Å². The molecule has 90 heavy (non-hydrogen) atoms. The molecule has 440 valence electrons. The van der Waals surface area contributed by atoms with Crippen LogP contribution in [0.3, 0.4) is 0 Å². The van der Waals surface area contributed by atoms with Crippen LogP contribution >= 0.6 is 0 Å². The lowest BCUT2D eigenvalue weighted by Crippen LogP contribution is -2.61. The van der Waals surface area contributed by atoms with Gasteiger partial charge in [-0.05, 0) is 176 Å². The second-order valence-corrected chi connectivity index (χ2v) is 24.9. The van der Waals surface area contributed by atoms with Crippen LogP contribution in [-0.4, -0.2) is 6.71 Å². The zero-order valence-corrected chi connectivity index (χ0v) is 52.5. The Morgan fingerprint density at radius 1 is 0.244 bits per heavy atom. The van der Waals surface area contributed by atoms with Crippen LogP contribution in [0.1, 0.15) is 95.2 Å². The highest BCUT2D eigenvalue weighted by molar-refractivity contribution is 7.00. The molecule has 0 unspecified atom stereocenters. The lowest BCUT2D eigenvalue weighted by atomic mass is 9.33. The largest absolute Gasteiger partial charge is 0.310 e. The maximum Gasteiger partial charge on any atom is 0.252 e. The third-order valence-electron chi connectivity index (χ3n) is 18.9. The molecule has 0 amide bonds. The van der Waals surface area contributed by atoms with Crippen molar-refractivity contribution in [3.8, 4) is 77.9 Å². The van der Waals surface area contributed by atoms with Crippen molar-refractivity contribution in [3.63, 3.8) is 0 Å². The van der Waals surface area contributed by atoms with Crippen LogP contribution < -0.4 is 26.2 Å². The van der Waals surface area contributed by atoms with Gasteiger partial charge in [0, 0.05) is 45.0 Å². The molecule has 0 aromatic heterocycles. The topological polar surface area (TPSA) is 6.48 Å². The van der Waals surface area contributed by atoms with Gasteiger partial charge in [-0.2, -0.15) is 0 Å². The zero-order valence-electron chi connectivity index (χ0n) is 52.5. The summed E-state index contributed by atoms with van der Waals surface area (Å²) in [7, 11) is 0. The van der Waals surface area contributed by atoms with Crippen LogP contribution in [0, 0.1) is 0 Å². The molecule has 2 nitrogen and oxygen atoms in total. The average Bonchev–Trinajstić information content (AvgIpc) is 0.714. The van der Waals surface area contributed by atoms with Crippen LogP contribution in [0.15, 0.2) is 279 Å². The molecule has 0 saturated heterocycles. The van der Waals surface area contributed by atoms with Crippen LogP contribution in [0.2, 0.25) is 0 Å². The quantitative estimate of drug-likeness (QED) is 0.0523. The molecule has 0 spiro atoms. The van der Waals surface area contributed by atoms with Crippen molar-refractivity contribution in [1.82, 2.24) is 0 Å². The number of fused-ring (bicyclic) bond motifs is 4. The van der Waals surface area contributed by atoms with Gasteiger partial charge in [0.1, 0.15) is 0 Å². The molecule has 14 rings (SSSR count). The highest BCUT2D eigenvalue weighted by atomic mass is 15.2. The van der Waals surface area contributed by atoms with Crippen molar-refractivity contribution in [2.75, 3.05) is 9.80 Å². The predicted molar refractivity (Wildman–Crippen MR) is 388 cm³/mol. The predicted octanol–water partition coefficient (Wildman–Crippen LogP) is 22.6. The molecule has 3 heteroatoms. The van der Waals surface area contributed by atoms with Gasteiger partial charge >= 0.3 is 0 Å². The number of benzene rings is 12. The van der Waals surface area contributed by atoms with Gasteiger partial charge in [0.25, 0.3) is 6.71 Å². The summed E-state index contributed by atoms with van der Waals surface area (Å²) in [5.74, 6) is 0. The van der Waals surface area contributed by atoms with Gasteiger partial charge in [-0.3, -0.25) is 0 Å². The average molecular weight is 1160 g/mol. The van der Waals surface area contributed by atoms with Gasteiger partial charge < -0.3 is 9.80 Å². The van der Waals surface area contributed by atoms with Crippen molar-refractivity contribution in [2.24, 2.45) is 0 Å². The summed E-state index contributed by atoms with van der Waals surface area (Å²) in [4.78, 5) is 5.49. The van der Waals surface area contributed by atoms with E-state index in [1.165, 1.54) is 177 Å². The monoisotopic (exact) mass is 1160 g/mol. The Labute approximate surface area is 535 Å². The summed E-state index contributed by atoms with van der Waals surface area (Å²) >= 11 is 0. The summed E-state index contributed by atoms with van der Waals surface area (Å²) in [6.45, 7) is 6.84. The Hall–Kier alpha value is -9.70. The van der Waals surface area contributed by atoms with Crippen LogP contribution in [-0.2, 0) is 19.3 Å².